The summed E-state index contributed by atoms with van der Waals surface area (Å²) in [7, 11) is 1.95. The number of aromatic nitrogens is 4. The lowest BCUT2D eigenvalue weighted by Gasteiger charge is -2.05. The molecular weight excluding hydrogens is 398 g/mol. The molecule has 2 aromatic heterocycles. The van der Waals surface area contributed by atoms with E-state index < -0.39 is 0 Å². The number of thioether (sulfide) groups is 1. The first-order valence-corrected chi connectivity index (χ1v) is 10.5. The minimum atomic E-state index is -0.118. The summed E-state index contributed by atoms with van der Waals surface area (Å²) in [5, 5.41) is 12.1. The van der Waals surface area contributed by atoms with Crippen LogP contribution in [0.25, 0.3) is 22.9 Å². The monoisotopic (exact) mass is 419 g/mol. The molecule has 2 aromatic carbocycles. The van der Waals surface area contributed by atoms with Gasteiger partial charge in [0.2, 0.25) is 11.8 Å². The number of carbonyl (C=O) groups excluding carboxylic acids is 1. The fraction of sp³-hybridized carbons (Fsp3) is 0.182. The molecule has 0 saturated heterocycles. The zero-order valence-electron chi connectivity index (χ0n) is 16.7. The smallest absolute Gasteiger partial charge is 0.251 e. The van der Waals surface area contributed by atoms with Gasteiger partial charge in [0, 0.05) is 48.4 Å². The zero-order chi connectivity index (χ0) is 20.9. The van der Waals surface area contributed by atoms with Gasteiger partial charge in [-0.3, -0.25) is 4.79 Å². The Bertz CT molecular complexity index is 1130. The van der Waals surface area contributed by atoms with Crippen LogP contribution in [0.5, 0.6) is 0 Å². The number of benzene rings is 2. The van der Waals surface area contributed by atoms with Gasteiger partial charge in [-0.25, -0.2) is 4.98 Å². The lowest BCUT2D eigenvalue weighted by molar-refractivity contribution is 0.0956. The van der Waals surface area contributed by atoms with Crippen LogP contribution < -0.4 is 5.32 Å². The number of aryl methyl sites for hydroxylation is 2. The highest BCUT2D eigenvalue weighted by Gasteiger charge is 2.12. The maximum absolute atomic E-state index is 12.3. The van der Waals surface area contributed by atoms with Gasteiger partial charge in [-0.15, -0.1) is 10.2 Å². The second kappa shape index (κ2) is 8.96. The molecule has 1 N–H and O–H groups in total. The van der Waals surface area contributed by atoms with E-state index in [1.807, 2.05) is 61.1 Å². The van der Waals surface area contributed by atoms with Crippen LogP contribution in [0.1, 0.15) is 15.9 Å². The van der Waals surface area contributed by atoms with Gasteiger partial charge in [-0.1, -0.05) is 29.5 Å². The zero-order valence-corrected chi connectivity index (χ0v) is 17.5. The predicted octanol–water partition coefficient (Wildman–Crippen LogP) is 3.97. The Hall–Kier alpha value is -3.39. The molecule has 7 nitrogen and oxygen atoms in total. The van der Waals surface area contributed by atoms with Gasteiger partial charge >= 0.3 is 0 Å². The molecule has 0 unspecified atom stereocenters. The van der Waals surface area contributed by atoms with Crippen molar-refractivity contribution in [2.45, 2.75) is 12.1 Å². The Kier molecular flexibility index (Phi) is 5.94. The molecule has 0 bridgehead atoms. The molecule has 0 saturated carbocycles. The molecule has 2 heterocycles. The topological polar surface area (TPSA) is 85.8 Å². The maximum atomic E-state index is 12.3. The van der Waals surface area contributed by atoms with Crippen LogP contribution in [0.3, 0.4) is 0 Å². The first-order valence-electron chi connectivity index (χ1n) is 9.49. The Balaban J connectivity index is 1.34. The second-order valence-corrected chi connectivity index (χ2v) is 7.84. The van der Waals surface area contributed by atoms with Crippen molar-refractivity contribution in [3.8, 4) is 22.9 Å². The van der Waals surface area contributed by atoms with E-state index in [1.165, 1.54) is 5.56 Å². The van der Waals surface area contributed by atoms with E-state index in [2.05, 4.69) is 20.5 Å². The molecule has 0 aliphatic carbocycles. The van der Waals surface area contributed by atoms with E-state index >= 15 is 0 Å². The number of imidazole rings is 1. The molecule has 8 heteroatoms. The number of carbonyl (C=O) groups is 1. The Morgan fingerprint density at radius 2 is 1.67 bits per heavy atom. The average molecular weight is 420 g/mol. The third kappa shape index (κ3) is 4.60. The van der Waals surface area contributed by atoms with Crippen LogP contribution in [-0.4, -0.2) is 38.0 Å². The third-order valence-corrected chi connectivity index (χ3v) is 5.57. The van der Waals surface area contributed by atoms with E-state index in [4.69, 9.17) is 4.42 Å². The lowest BCUT2D eigenvalue weighted by atomic mass is 10.1. The maximum Gasteiger partial charge on any atom is 0.251 e. The molecule has 0 spiro atoms. The number of rotatable bonds is 7. The van der Waals surface area contributed by atoms with Crippen LogP contribution in [0.2, 0.25) is 0 Å². The number of nitrogens with zero attached hydrogens (tertiary/aromatic N) is 4. The largest absolute Gasteiger partial charge is 0.416 e. The highest BCUT2D eigenvalue weighted by molar-refractivity contribution is 7.99. The minimum absolute atomic E-state index is 0.118. The SMILES string of the molecule is Cc1ccc(-c2nnc(-c3ccc(C(=O)NCCSc4nccn4C)cc3)o2)cc1. The van der Waals surface area contributed by atoms with Gasteiger partial charge in [0.25, 0.3) is 5.91 Å². The van der Waals surface area contributed by atoms with Crippen LogP contribution >= 0.6 is 11.8 Å². The molecule has 0 atom stereocenters. The highest BCUT2D eigenvalue weighted by atomic mass is 32.2. The number of nitrogens with one attached hydrogen (secondary N) is 1. The van der Waals surface area contributed by atoms with Gasteiger partial charge in [-0.2, -0.15) is 0 Å². The summed E-state index contributed by atoms with van der Waals surface area (Å²) >= 11 is 1.60. The Labute approximate surface area is 178 Å². The standard InChI is InChI=1S/C22H21N5O2S/c1-15-3-5-17(6-4-15)20-25-26-21(29-20)18-9-7-16(8-10-18)19(28)23-12-14-30-22-24-11-13-27(22)2/h3-11,13H,12,14H2,1-2H3,(H,23,28). The molecule has 4 aromatic rings. The van der Waals surface area contributed by atoms with Gasteiger partial charge in [-0.05, 0) is 43.3 Å². The summed E-state index contributed by atoms with van der Waals surface area (Å²) < 4.78 is 7.74. The van der Waals surface area contributed by atoms with Crippen LogP contribution in [0.15, 0.2) is 70.5 Å². The predicted molar refractivity (Wildman–Crippen MR) is 116 cm³/mol. The van der Waals surface area contributed by atoms with Crippen molar-refractivity contribution in [2.24, 2.45) is 7.05 Å². The molecule has 152 valence electrons. The number of hydrogen-bond donors (Lipinski definition) is 1. The van der Waals surface area contributed by atoms with Crippen molar-refractivity contribution in [3.05, 3.63) is 72.1 Å². The number of amides is 1. The molecule has 30 heavy (non-hydrogen) atoms. The van der Waals surface area contributed by atoms with Gasteiger partial charge in [0.1, 0.15) is 0 Å². The van der Waals surface area contributed by atoms with Crippen molar-refractivity contribution in [1.82, 2.24) is 25.1 Å². The van der Waals surface area contributed by atoms with Crippen molar-refractivity contribution in [1.29, 1.82) is 0 Å². The Morgan fingerprint density at radius 1 is 1.03 bits per heavy atom. The van der Waals surface area contributed by atoms with E-state index in [-0.39, 0.29) is 5.91 Å². The summed E-state index contributed by atoms with van der Waals surface area (Å²) in [4.78, 5) is 16.6. The van der Waals surface area contributed by atoms with Gasteiger partial charge in [0.15, 0.2) is 5.16 Å². The highest BCUT2D eigenvalue weighted by Crippen LogP contribution is 2.24. The third-order valence-electron chi connectivity index (χ3n) is 4.51. The molecule has 0 radical (unpaired) electrons. The molecule has 1 amide bonds. The molecule has 0 aliphatic heterocycles. The summed E-state index contributed by atoms with van der Waals surface area (Å²) in [6.45, 7) is 2.59. The van der Waals surface area contributed by atoms with E-state index in [1.54, 1.807) is 30.1 Å². The molecule has 4 rings (SSSR count). The lowest BCUT2D eigenvalue weighted by Crippen LogP contribution is -2.25. The first kappa shape index (κ1) is 19.9. The van der Waals surface area contributed by atoms with Gasteiger partial charge in [0.05, 0.1) is 0 Å². The summed E-state index contributed by atoms with van der Waals surface area (Å²) in [5.41, 5.74) is 3.39. The van der Waals surface area contributed by atoms with Crippen LogP contribution in [0, 0.1) is 6.92 Å². The normalized spacial score (nSPS) is 10.9. The van der Waals surface area contributed by atoms with Crippen molar-refractivity contribution < 1.29 is 9.21 Å². The quantitative estimate of drug-likeness (QED) is 0.360. The molecular formula is C22H21N5O2S. The minimum Gasteiger partial charge on any atom is -0.416 e. The molecule has 0 aliphatic rings. The second-order valence-electron chi connectivity index (χ2n) is 6.78. The van der Waals surface area contributed by atoms with Gasteiger partial charge < -0.3 is 14.3 Å². The molecule has 0 fully saturated rings. The average Bonchev–Trinajstić information content (AvgIpc) is 3.41. The van der Waals surface area contributed by atoms with Crippen LogP contribution in [-0.2, 0) is 7.05 Å². The van der Waals surface area contributed by atoms with Crippen molar-refractivity contribution in [3.63, 3.8) is 0 Å². The van der Waals surface area contributed by atoms with E-state index in [0.29, 0.717) is 23.9 Å². The van der Waals surface area contributed by atoms with Crippen molar-refractivity contribution >= 4 is 17.7 Å². The van der Waals surface area contributed by atoms with E-state index in [0.717, 1.165) is 22.0 Å². The summed E-state index contributed by atoms with van der Waals surface area (Å²) in [6, 6.07) is 15.0. The summed E-state index contributed by atoms with van der Waals surface area (Å²) in [6.07, 6.45) is 3.66. The Morgan fingerprint density at radius 3 is 2.27 bits per heavy atom. The number of hydrogen-bond acceptors (Lipinski definition) is 6. The fourth-order valence-electron chi connectivity index (χ4n) is 2.82. The van der Waals surface area contributed by atoms with E-state index in [9.17, 15) is 4.79 Å². The summed E-state index contributed by atoms with van der Waals surface area (Å²) in [5.74, 6) is 1.52. The fourth-order valence-corrected chi connectivity index (χ4v) is 3.60. The van der Waals surface area contributed by atoms with Crippen molar-refractivity contribution in [2.75, 3.05) is 12.3 Å². The van der Waals surface area contributed by atoms with Crippen LogP contribution in [0.4, 0.5) is 0 Å². The first-order chi connectivity index (χ1) is 14.6.